The minimum Gasteiger partial charge on any atom is -0.486 e. The number of carbonyl (C=O) groups excluding carboxylic acids is 1. The molecule has 0 heterocycles. The molecule has 0 saturated heterocycles. The minimum atomic E-state index is -0.570. The summed E-state index contributed by atoms with van der Waals surface area (Å²) in [6, 6.07) is 12.2. The molecule has 110 valence electrons. The van der Waals surface area contributed by atoms with E-state index in [0.29, 0.717) is 5.56 Å². The molecule has 0 bridgehead atoms. The molecular weight excluding hydrogens is 271 g/mol. The van der Waals surface area contributed by atoms with Crippen molar-refractivity contribution in [3.05, 3.63) is 65.0 Å². The highest BCUT2D eigenvalue weighted by Crippen LogP contribution is 2.23. The third-order valence-corrected chi connectivity index (χ3v) is 3.01. The largest absolute Gasteiger partial charge is 0.486 e. The quantitative estimate of drug-likeness (QED) is 0.783. The highest BCUT2D eigenvalue weighted by molar-refractivity contribution is 5.91. The van der Waals surface area contributed by atoms with Crippen LogP contribution in [0.4, 0.5) is 4.39 Å². The summed E-state index contributed by atoms with van der Waals surface area (Å²) in [6.07, 6.45) is 0. The summed E-state index contributed by atoms with van der Waals surface area (Å²) in [4.78, 5) is 11.7. The number of hydrogen-bond donors (Lipinski definition) is 0. The number of rotatable bonds is 5. The maximum absolute atomic E-state index is 14.0. The Balaban J connectivity index is 2.14. The van der Waals surface area contributed by atoms with Gasteiger partial charge in [0.05, 0.1) is 12.2 Å². The second kappa shape index (κ2) is 6.88. The van der Waals surface area contributed by atoms with E-state index in [9.17, 15) is 9.18 Å². The Kier molecular flexibility index (Phi) is 4.93. The van der Waals surface area contributed by atoms with Crippen LogP contribution in [0.2, 0.25) is 0 Å². The lowest BCUT2D eigenvalue weighted by atomic mass is 10.1. The molecular formula is C17H17FO3. The van der Waals surface area contributed by atoms with Crippen LogP contribution < -0.4 is 4.74 Å². The third-order valence-electron chi connectivity index (χ3n) is 3.01. The molecule has 4 heteroatoms. The van der Waals surface area contributed by atoms with Gasteiger partial charge in [0.1, 0.15) is 6.61 Å². The lowest BCUT2D eigenvalue weighted by Gasteiger charge is -2.11. The van der Waals surface area contributed by atoms with E-state index in [1.54, 1.807) is 13.8 Å². The van der Waals surface area contributed by atoms with Gasteiger partial charge in [0.2, 0.25) is 0 Å². The van der Waals surface area contributed by atoms with Crippen molar-refractivity contribution in [1.82, 2.24) is 0 Å². The zero-order chi connectivity index (χ0) is 15.2. The van der Waals surface area contributed by atoms with Gasteiger partial charge in [-0.25, -0.2) is 9.18 Å². The standard InChI is InChI=1S/C17H17FO3/c1-3-20-17(19)14-10-15(18)16(9-12(14)2)21-11-13-7-5-4-6-8-13/h4-10H,3,11H2,1-2H3. The van der Waals surface area contributed by atoms with Crippen molar-refractivity contribution in [3.63, 3.8) is 0 Å². The lowest BCUT2D eigenvalue weighted by Crippen LogP contribution is -2.08. The molecule has 0 spiro atoms. The van der Waals surface area contributed by atoms with Crippen LogP contribution in [0.3, 0.4) is 0 Å². The maximum Gasteiger partial charge on any atom is 0.338 e. The molecule has 21 heavy (non-hydrogen) atoms. The van der Waals surface area contributed by atoms with Crippen LogP contribution in [0.25, 0.3) is 0 Å². The molecule has 0 N–H and O–H groups in total. The van der Waals surface area contributed by atoms with Crippen molar-refractivity contribution in [1.29, 1.82) is 0 Å². The Morgan fingerprint density at radius 1 is 1.19 bits per heavy atom. The maximum atomic E-state index is 14.0. The molecule has 0 saturated carbocycles. The molecule has 0 aliphatic carbocycles. The highest BCUT2D eigenvalue weighted by Gasteiger charge is 2.15. The van der Waals surface area contributed by atoms with Crippen LogP contribution in [0.15, 0.2) is 42.5 Å². The summed E-state index contributed by atoms with van der Waals surface area (Å²) in [7, 11) is 0. The number of esters is 1. The molecule has 2 aromatic rings. The van der Waals surface area contributed by atoms with Gasteiger partial charge in [-0.1, -0.05) is 30.3 Å². The molecule has 0 unspecified atom stereocenters. The molecule has 3 nitrogen and oxygen atoms in total. The first-order valence-electron chi connectivity index (χ1n) is 6.75. The van der Waals surface area contributed by atoms with E-state index >= 15 is 0 Å². The molecule has 2 aromatic carbocycles. The van der Waals surface area contributed by atoms with E-state index < -0.39 is 11.8 Å². The fourth-order valence-electron chi connectivity index (χ4n) is 1.93. The van der Waals surface area contributed by atoms with Crippen LogP contribution in [0, 0.1) is 12.7 Å². The predicted octanol–water partition coefficient (Wildman–Crippen LogP) is 3.89. The number of carbonyl (C=O) groups is 1. The summed E-state index contributed by atoms with van der Waals surface area (Å²) in [5.41, 5.74) is 1.79. The van der Waals surface area contributed by atoms with Gasteiger partial charge in [-0.3, -0.25) is 0 Å². The Bertz CT molecular complexity index is 623. The van der Waals surface area contributed by atoms with Crippen LogP contribution in [-0.4, -0.2) is 12.6 Å². The van der Waals surface area contributed by atoms with Crippen LogP contribution >= 0.6 is 0 Å². The number of hydrogen-bond acceptors (Lipinski definition) is 3. The molecule has 0 amide bonds. The van der Waals surface area contributed by atoms with E-state index in [2.05, 4.69) is 0 Å². The average Bonchev–Trinajstić information content (AvgIpc) is 2.49. The number of benzene rings is 2. The second-order valence-corrected chi connectivity index (χ2v) is 4.59. The highest BCUT2D eigenvalue weighted by atomic mass is 19.1. The molecule has 0 radical (unpaired) electrons. The lowest BCUT2D eigenvalue weighted by molar-refractivity contribution is 0.0525. The predicted molar refractivity (Wildman–Crippen MR) is 77.9 cm³/mol. The summed E-state index contributed by atoms with van der Waals surface area (Å²) in [6.45, 7) is 3.96. The minimum absolute atomic E-state index is 0.129. The van der Waals surface area contributed by atoms with Crippen molar-refractivity contribution in [2.24, 2.45) is 0 Å². The topological polar surface area (TPSA) is 35.5 Å². The first-order chi connectivity index (χ1) is 10.1. The van der Waals surface area contributed by atoms with Gasteiger partial charge in [-0.15, -0.1) is 0 Å². The van der Waals surface area contributed by atoms with E-state index in [0.717, 1.165) is 11.6 Å². The van der Waals surface area contributed by atoms with Crippen molar-refractivity contribution in [2.45, 2.75) is 20.5 Å². The Labute approximate surface area is 123 Å². The average molecular weight is 288 g/mol. The summed E-state index contributed by atoms with van der Waals surface area (Å²) < 4.78 is 24.4. The van der Waals surface area contributed by atoms with Crippen molar-refractivity contribution < 1.29 is 18.7 Å². The number of ether oxygens (including phenoxy) is 2. The van der Waals surface area contributed by atoms with Gasteiger partial charge in [-0.05, 0) is 37.1 Å². The van der Waals surface area contributed by atoms with E-state index in [4.69, 9.17) is 9.47 Å². The number of aryl methyl sites for hydroxylation is 1. The molecule has 0 aliphatic rings. The van der Waals surface area contributed by atoms with E-state index in [1.165, 1.54) is 6.07 Å². The van der Waals surface area contributed by atoms with Crippen molar-refractivity contribution in [3.8, 4) is 5.75 Å². The molecule has 0 aliphatic heterocycles. The molecule has 0 atom stereocenters. The SMILES string of the molecule is CCOC(=O)c1cc(F)c(OCc2ccccc2)cc1C. The summed E-state index contributed by atoms with van der Waals surface area (Å²) in [5, 5.41) is 0. The van der Waals surface area contributed by atoms with Crippen molar-refractivity contribution >= 4 is 5.97 Å². The monoisotopic (exact) mass is 288 g/mol. The first kappa shape index (κ1) is 15.0. The van der Waals surface area contributed by atoms with E-state index in [1.807, 2.05) is 30.3 Å². The fourth-order valence-corrected chi connectivity index (χ4v) is 1.93. The fraction of sp³-hybridized carbons (Fsp3) is 0.235. The summed E-state index contributed by atoms with van der Waals surface area (Å²) in [5.74, 6) is -0.965. The zero-order valence-corrected chi connectivity index (χ0v) is 12.1. The van der Waals surface area contributed by atoms with Gasteiger partial charge >= 0.3 is 5.97 Å². The van der Waals surface area contributed by atoms with Crippen LogP contribution in [0.1, 0.15) is 28.4 Å². The Morgan fingerprint density at radius 3 is 2.57 bits per heavy atom. The zero-order valence-electron chi connectivity index (χ0n) is 12.1. The Hall–Kier alpha value is -2.36. The van der Waals surface area contributed by atoms with Gasteiger partial charge < -0.3 is 9.47 Å². The molecule has 0 fully saturated rings. The normalized spacial score (nSPS) is 10.2. The van der Waals surface area contributed by atoms with Gasteiger partial charge in [0.25, 0.3) is 0 Å². The van der Waals surface area contributed by atoms with Crippen LogP contribution in [-0.2, 0) is 11.3 Å². The smallest absolute Gasteiger partial charge is 0.338 e. The van der Waals surface area contributed by atoms with Crippen molar-refractivity contribution in [2.75, 3.05) is 6.61 Å². The number of halogens is 1. The summed E-state index contributed by atoms with van der Waals surface area (Å²) >= 11 is 0. The Morgan fingerprint density at radius 2 is 1.90 bits per heavy atom. The van der Waals surface area contributed by atoms with Gasteiger partial charge in [-0.2, -0.15) is 0 Å². The second-order valence-electron chi connectivity index (χ2n) is 4.59. The molecule has 2 rings (SSSR count). The van der Waals surface area contributed by atoms with Crippen LogP contribution in [0.5, 0.6) is 5.75 Å². The third kappa shape index (κ3) is 3.81. The van der Waals surface area contributed by atoms with E-state index in [-0.39, 0.29) is 24.5 Å². The molecule has 0 aromatic heterocycles. The van der Waals surface area contributed by atoms with Gasteiger partial charge in [0.15, 0.2) is 11.6 Å². The first-order valence-corrected chi connectivity index (χ1v) is 6.75. The van der Waals surface area contributed by atoms with Gasteiger partial charge in [0, 0.05) is 0 Å².